The Morgan fingerprint density at radius 3 is 2.61 bits per heavy atom. The highest BCUT2D eigenvalue weighted by atomic mass is 32.1. The largest absolute Gasteiger partial charge is 0.444 e. The molecule has 4 heterocycles. The van der Waals surface area contributed by atoms with Crippen LogP contribution < -0.4 is 5.69 Å². The van der Waals surface area contributed by atoms with Crippen molar-refractivity contribution in [3.8, 4) is 0 Å². The Hall–Kier alpha value is -2.84. The van der Waals surface area contributed by atoms with Crippen molar-refractivity contribution in [2.24, 2.45) is 0 Å². The number of nitrogens with zero attached hydrogens (tertiary/aromatic N) is 4. The van der Waals surface area contributed by atoms with Gasteiger partial charge in [-0.25, -0.2) is 9.59 Å². The van der Waals surface area contributed by atoms with E-state index in [0.717, 1.165) is 36.2 Å². The third kappa shape index (κ3) is 4.37. The Balaban J connectivity index is 1.41. The van der Waals surface area contributed by atoms with Crippen molar-refractivity contribution in [3.05, 3.63) is 62.7 Å². The van der Waals surface area contributed by atoms with E-state index in [1.165, 1.54) is 10.4 Å². The topological polar surface area (TPSA) is 59.7 Å². The quantitative estimate of drug-likeness (QED) is 0.575. The van der Waals surface area contributed by atoms with Crippen molar-refractivity contribution in [1.29, 1.82) is 0 Å². The first-order valence-corrected chi connectivity index (χ1v) is 12.3. The summed E-state index contributed by atoms with van der Waals surface area (Å²) in [7, 11) is 0. The van der Waals surface area contributed by atoms with Crippen molar-refractivity contribution < 1.29 is 9.53 Å². The van der Waals surface area contributed by atoms with Gasteiger partial charge in [0.2, 0.25) is 0 Å². The zero-order valence-electron chi connectivity index (χ0n) is 19.4. The number of thiophene rings is 1. The van der Waals surface area contributed by atoms with Gasteiger partial charge in [0.1, 0.15) is 5.60 Å². The Morgan fingerprint density at radius 1 is 1.09 bits per heavy atom. The predicted molar refractivity (Wildman–Crippen MR) is 131 cm³/mol. The number of imidazole rings is 1. The predicted octanol–water partition coefficient (Wildman–Crippen LogP) is 4.36. The Labute approximate surface area is 197 Å². The molecule has 0 radical (unpaired) electrons. The molecular formula is C25H30N4O3S. The lowest BCUT2D eigenvalue weighted by molar-refractivity contribution is 0.0269. The molecule has 174 valence electrons. The summed E-state index contributed by atoms with van der Waals surface area (Å²) in [5, 5.41) is 2.16. The third-order valence-corrected chi connectivity index (χ3v) is 7.21. The highest BCUT2D eigenvalue weighted by Gasteiger charge is 2.26. The summed E-state index contributed by atoms with van der Waals surface area (Å²) in [6.07, 6.45) is 3.30. The maximum Gasteiger partial charge on any atom is 0.410 e. The van der Waals surface area contributed by atoms with Gasteiger partial charge in [-0.3, -0.25) is 14.0 Å². The number of para-hydroxylation sites is 2. The minimum Gasteiger partial charge on any atom is -0.444 e. The van der Waals surface area contributed by atoms with Crippen molar-refractivity contribution in [1.82, 2.24) is 18.9 Å². The van der Waals surface area contributed by atoms with Gasteiger partial charge in [0, 0.05) is 43.2 Å². The maximum atomic E-state index is 13.6. The lowest BCUT2D eigenvalue weighted by atomic mass is 10.1. The van der Waals surface area contributed by atoms with Crippen LogP contribution in [0.2, 0.25) is 0 Å². The van der Waals surface area contributed by atoms with Gasteiger partial charge in [0.05, 0.1) is 17.7 Å². The van der Waals surface area contributed by atoms with Crippen molar-refractivity contribution >= 4 is 34.2 Å². The number of amides is 1. The van der Waals surface area contributed by atoms with Crippen molar-refractivity contribution in [2.45, 2.75) is 52.4 Å². The smallest absolute Gasteiger partial charge is 0.410 e. The molecule has 2 aromatic heterocycles. The number of aromatic nitrogens is 2. The molecule has 0 saturated carbocycles. The molecule has 0 unspecified atom stereocenters. The molecule has 2 aliphatic rings. The van der Waals surface area contributed by atoms with Gasteiger partial charge >= 0.3 is 11.8 Å². The van der Waals surface area contributed by atoms with Crippen LogP contribution >= 0.6 is 11.3 Å². The minimum absolute atomic E-state index is 0.0238. The van der Waals surface area contributed by atoms with Gasteiger partial charge in [0.25, 0.3) is 0 Å². The average Bonchev–Trinajstić information content (AvgIpc) is 3.35. The first-order valence-electron chi connectivity index (χ1n) is 11.5. The normalized spacial score (nSPS) is 17.2. The van der Waals surface area contributed by atoms with Gasteiger partial charge in [-0.15, -0.1) is 11.3 Å². The fourth-order valence-corrected chi connectivity index (χ4v) is 5.49. The molecule has 0 atom stereocenters. The van der Waals surface area contributed by atoms with E-state index in [0.29, 0.717) is 26.2 Å². The Morgan fingerprint density at radius 2 is 1.88 bits per heavy atom. The molecular weight excluding hydrogens is 436 g/mol. The summed E-state index contributed by atoms with van der Waals surface area (Å²) >= 11 is 1.82. The second-order valence-corrected chi connectivity index (χ2v) is 10.7. The molecule has 1 amide bonds. The second kappa shape index (κ2) is 8.50. The van der Waals surface area contributed by atoms with Crippen LogP contribution in [0, 0.1) is 0 Å². The number of fused-ring (bicyclic) bond motifs is 2. The first kappa shape index (κ1) is 22.0. The van der Waals surface area contributed by atoms with Gasteiger partial charge in [0.15, 0.2) is 0 Å². The molecule has 33 heavy (non-hydrogen) atoms. The first-order chi connectivity index (χ1) is 15.8. The maximum absolute atomic E-state index is 13.6. The molecule has 3 aromatic rings. The molecule has 0 N–H and O–H groups in total. The monoisotopic (exact) mass is 466 g/mol. The molecule has 0 aliphatic carbocycles. The van der Waals surface area contributed by atoms with E-state index in [1.54, 1.807) is 4.90 Å². The lowest BCUT2D eigenvalue weighted by Gasteiger charge is -2.29. The number of carbonyl (C=O) groups is 1. The number of benzene rings is 1. The van der Waals surface area contributed by atoms with Crippen LogP contribution in [0.5, 0.6) is 0 Å². The fourth-order valence-electron chi connectivity index (χ4n) is 4.60. The SMILES string of the molecule is CC(C)(C)OC(=O)N1CC=C(n2c(=O)n(CN3CCc4sccc4C3)c3ccccc32)CC1. The summed E-state index contributed by atoms with van der Waals surface area (Å²) in [6, 6.07) is 10.2. The van der Waals surface area contributed by atoms with Crippen LogP contribution in [-0.4, -0.2) is 50.3 Å². The Bertz CT molecular complexity index is 1280. The van der Waals surface area contributed by atoms with Crippen LogP contribution in [0.15, 0.2) is 46.6 Å². The van der Waals surface area contributed by atoms with Gasteiger partial charge < -0.3 is 9.64 Å². The van der Waals surface area contributed by atoms with E-state index >= 15 is 0 Å². The zero-order valence-corrected chi connectivity index (χ0v) is 20.2. The summed E-state index contributed by atoms with van der Waals surface area (Å²) in [6.45, 7) is 8.96. The number of ether oxygens (including phenoxy) is 1. The van der Waals surface area contributed by atoms with E-state index < -0.39 is 5.60 Å². The molecule has 0 saturated heterocycles. The summed E-state index contributed by atoms with van der Waals surface area (Å²) in [5.41, 5.74) is 3.61. The number of hydrogen-bond donors (Lipinski definition) is 0. The third-order valence-electron chi connectivity index (χ3n) is 6.19. The van der Waals surface area contributed by atoms with Gasteiger partial charge in [-0.05, 0) is 62.4 Å². The van der Waals surface area contributed by atoms with E-state index in [1.807, 2.05) is 71.6 Å². The van der Waals surface area contributed by atoms with E-state index in [4.69, 9.17) is 4.74 Å². The van der Waals surface area contributed by atoms with Crippen LogP contribution in [0.3, 0.4) is 0 Å². The van der Waals surface area contributed by atoms with Crippen molar-refractivity contribution in [3.63, 3.8) is 0 Å². The summed E-state index contributed by atoms with van der Waals surface area (Å²) < 4.78 is 9.20. The Kier molecular flexibility index (Phi) is 5.66. The summed E-state index contributed by atoms with van der Waals surface area (Å²) in [5.74, 6) is 0. The van der Waals surface area contributed by atoms with Gasteiger partial charge in [-0.1, -0.05) is 12.1 Å². The second-order valence-electron chi connectivity index (χ2n) is 9.72. The van der Waals surface area contributed by atoms with Crippen LogP contribution in [0.4, 0.5) is 4.79 Å². The number of rotatable bonds is 3. The lowest BCUT2D eigenvalue weighted by Crippen LogP contribution is -2.40. The fraction of sp³-hybridized carbons (Fsp3) is 0.440. The highest BCUT2D eigenvalue weighted by molar-refractivity contribution is 7.10. The minimum atomic E-state index is -0.524. The standard InChI is InChI=1S/C25H30N4O3S/c1-25(2,3)32-24(31)27-13-8-19(9-14-27)29-21-7-5-4-6-20(21)28(23(29)30)17-26-12-10-22-18(16-26)11-15-33-22/h4-8,11,15H,9-10,12-14,16-17H2,1-3H3. The molecule has 7 nitrogen and oxygen atoms in total. The van der Waals surface area contributed by atoms with Gasteiger partial charge in [-0.2, -0.15) is 0 Å². The molecule has 5 rings (SSSR count). The molecule has 0 bridgehead atoms. The highest BCUT2D eigenvalue weighted by Crippen LogP contribution is 2.26. The van der Waals surface area contributed by atoms with Crippen LogP contribution in [0.1, 0.15) is 37.6 Å². The van der Waals surface area contributed by atoms with Crippen LogP contribution in [-0.2, 0) is 24.4 Å². The van der Waals surface area contributed by atoms with Crippen molar-refractivity contribution in [2.75, 3.05) is 19.6 Å². The molecule has 8 heteroatoms. The average molecular weight is 467 g/mol. The molecule has 2 aliphatic heterocycles. The molecule has 0 fully saturated rings. The zero-order chi connectivity index (χ0) is 23.2. The molecule has 1 aromatic carbocycles. The molecule has 0 spiro atoms. The van der Waals surface area contributed by atoms with E-state index in [9.17, 15) is 9.59 Å². The summed E-state index contributed by atoms with van der Waals surface area (Å²) in [4.78, 5) is 31.5. The van der Waals surface area contributed by atoms with E-state index in [-0.39, 0.29) is 11.8 Å². The van der Waals surface area contributed by atoms with Crippen LogP contribution in [0.25, 0.3) is 16.7 Å². The number of carbonyl (C=O) groups excluding carboxylic acids is 1. The number of hydrogen-bond acceptors (Lipinski definition) is 5. The van der Waals surface area contributed by atoms with E-state index in [2.05, 4.69) is 16.3 Å².